The molecule has 1 N–H and O–H groups in total. The lowest BCUT2D eigenvalue weighted by molar-refractivity contribution is -0.137. The first-order valence-corrected chi connectivity index (χ1v) is 8.56. The van der Waals surface area contributed by atoms with E-state index >= 15 is 0 Å². The lowest BCUT2D eigenvalue weighted by Crippen LogP contribution is -2.41. The van der Waals surface area contributed by atoms with E-state index in [1.807, 2.05) is 20.8 Å². The number of nitrogens with one attached hydrogen (secondary N) is 1. The molecule has 0 aromatic heterocycles. The summed E-state index contributed by atoms with van der Waals surface area (Å²) in [5.41, 5.74) is -0.108. The summed E-state index contributed by atoms with van der Waals surface area (Å²) in [5, 5.41) is 0. The average Bonchev–Trinajstić information content (AvgIpc) is 2.35. The lowest BCUT2D eigenvalue weighted by Gasteiger charge is -2.28. The van der Waals surface area contributed by atoms with Crippen molar-refractivity contribution < 1.29 is 17.7 Å². The minimum Gasteiger partial charge on any atom is -0.598 e. The Kier molecular flexibility index (Phi) is 6.56. The Labute approximate surface area is 140 Å². The molecule has 1 rings (SSSR count). The highest BCUT2D eigenvalue weighted by Crippen LogP contribution is 2.35. The first-order valence-electron chi connectivity index (χ1n) is 6.62. The van der Waals surface area contributed by atoms with Crippen molar-refractivity contribution in [3.8, 4) is 0 Å². The van der Waals surface area contributed by atoms with Crippen molar-refractivity contribution >= 4 is 27.3 Å². The zero-order valence-corrected chi connectivity index (χ0v) is 15.0. The molecule has 0 aliphatic heterocycles. The predicted octanol–water partition coefficient (Wildman–Crippen LogP) is 5.14. The van der Waals surface area contributed by atoms with Gasteiger partial charge in [0.1, 0.15) is 4.75 Å². The molecule has 0 saturated carbocycles. The molecule has 1 aromatic rings. The van der Waals surface area contributed by atoms with E-state index < -0.39 is 27.8 Å². The van der Waals surface area contributed by atoms with Gasteiger partial charge >= 0.3 is 6.18 Å². The maximum atomic E-state index is 12.7. The Bertz CT molecular complexity index is 528. The number of benzene rings is 1. The largest absolute Gasteiger partial charge is 0.598 e. The molecule has 2 atom stereocenters. The van der Waals surface area contributed by atoms with Gasteiger partial charge in [-0.2, -0.15) is 13.2 Å². The Hall–Kier alpha value is -0.500. The Morgan fingerprint density at radius 3 is 2.36 bits per heavy atom. The van der Waals surface area contributed by atoms with Crippen LogP contribution in [0, 0.1) is 0 Å². The highest BCUT2D eigenvalue weighted by atomic mass is 79.9. The van der Waals surface area contributed by atoms with Crippen LogP contribution in [0.25, 0.3) is 0 Å². The molecule has 0 spiro atoms. The molecule has 0 amide bonds. The molecule has 22 heavy (non-hydrogen) atoms. The number of halogens is 4. The van der Waals surface area contributed by atoms with E-state index in [2.05, 4.69) is 27.2 Å². The Morgan fingerprint density at radius 1 is 1.36 bits per heavy atom. The fourth-order valence-corrected chi connectivity index (χ4v) is 3.19. The first-order chi connectivity index (χ1) is 9.96. The minimum atomic E-state index is -4.39. The molecule has 0 radical (unpaired) electrons. The second kappa shape index (κ2) is 7.38. The summed E-state index contributed by atoms with van der Waals surface area (Å²) >= 11 is 1.84. The summed E-state index contributed by atoms with van der Waals surface area (Å²) in [6, 6.07) is 3.08. The number of alkyl halides is 3. The average molecular weight is 398 g/mol. The molecular weight excluding hydrogens is 379 g/mol. The molecule has 0 saturated heterocycles. The third kappa shape index (κ3) is 5.30. The summed E-state index contributed by atoms with van der Waals surface area (Å²) in [6.45, 7) is 9.11. The van der Waals surface area contributed by atoms with Crippen molar-refractivity contribution in [3.05, 3.63) is 46.5 Å². The van der Waals surface area contributed by atoms with E-state index in [-0.39, 0.29) is 6.04 Å². The fraction of sp³-hybridized carbons (Fsp3) is 0.467. The lowest BCUT2D eigenvalue weighted by atomic mass is 10.0. The van der Waals surface area contributed by atoms with E-state index in [4.69, 9.17) is 0 Å². The third-order valence-electron chi connectivity index (χ3n) is 2.91. The van der Waals surface area contributed by atoms with Crippen LogP contribution >= 0.6 is 15.9 Å². The zero-order chi connectivity index (χ0) is 17.1. The highest BCUT2D eigenvalue weighted by molar-refractivity contribution is 9.10. The molecule has 0 aliphatic carbocycles. The summed E-state index contributed by atoms with van der Waals surface area (Å²) in [4.78, 5) is 0. The van der Waals surface area contributed by atoms with E-state index in [0.717, 1.165) is 12.1 Å². The molecule has 7 heteroatoms. The fourth-order valence-electron chi connectivity index (χ4n) is 1.70. The quantitative estimate of drug-likeness (QED) is 0.551. The molecule has 0 bridgehead atoms. The molecule has 0 fully saturated rings. The van der Waals surface area contributed by atoms with Crippen LogP contribution in [-0.4, -0.2) is 9.30 Å². The van der Waals surface area contributed by atoms with Crippen molar-refractivity contribution in [3.63, 3.8) is 0 Å². The standard InChI is InChI=1S/C15H19BrF3NOS/c1-5-6-13(20-22(21)14(2,3)4)11-8-7-10(9-12(11)16)15(17,18)19/h5,7-9,13,20H,1,6H2,2-4H3/t13-,22?/m1/s1. The van der Waals surface area contributed by atoms with Crippen molar-refractivity contribution in [1.29, 1.82) is 0 Å². The molecule has 2 nitrogen and oxygen atoms in total. The smallest absolute Gasteiger partial charge is 0.416 e. The van der Waals surface area contributed by atoms with Crippen LogP contribution in [0.3, 0.4) is 0 Å². The van der Waals surface area contributed by atoms with Crippen molar-refractivity contribution in [2.75, 3.05) is 0 Å². The zero-order valence-electron chi connectivity index (χ0n) is 12.6. The van der Waals surface area contributed by atoms with Crippen LogP contribution in [0.4, 0.5) is 13.2 Å². The third-order valence-corrected chi connectivity index (χ3v) is 5.21. The summed E-state index contributed by atoms with van der Waals surface area (Å²) in [6.07, 6.45) is -2.30. The van der Waals surface area contributed by atoms with Gasteiger partial charge in [-0.15, -0.1) is 11.3 Å². The van der Waals surface area contributed by atoms with Gasteiger partial charge in [0.05, 0.1) is 11.6 Å². The molecule has 0 heterocycles. The first kappa shape index (κ1) is 19.5. The monoisotopic (exact) mass is 397 g/mol. The van der Waals surface area contributed by atoms with Gasteiger partial charge in [0.2, 0.25) is 0 Å². The molecule has 124 valence electrons. The summed E-state index contributed by atoms with van der Waals surface area (Å²) < 4.78 is 53.2. The van der Waals surface area contributed by atoms with Gasteiger partial charge in [0.25, 0.3) is 0 Å². The number of hydrogen-bond acceptors (Lipinski definition) is 2. The van der Waals surface area contributed by atoms with Gasteiger partial charge < -0.3 is 4.55 Å². The maximum absolute atomic E-state index is 12.7. The van der Waals surface area contributed by atoms with Gasteiger partial charge in [-0.05, 0) is 44.9 Å². The number of hydrogen-bond donors (Lipinski definition) is 1. The Morgan fingerprint density at radius 2 is 1.95 bits per heavy atom. The van der Waals surface area contributed by atoms with Crippen LogP contribution in [0.15, 0.2) is 35.3 Å². The van der Waals surface area contributed by atoms with E-state index in [1.54, 1.807) is 6.08 Å². The second-order valence-corrected chi connectivity index (χ2v) is 8.66. The van der Waals surface area contributed by atoms with E-state index in [9.17, 15) is 17.7 Å². The van der Waals surface area contributed by atoms with Gasteiger partial charge in [0.15, 0.2) is 0 Å². The Balaban J connectivity index is 3.09. The SMILES string of the molecule is C=CC[C@@H](N[S+]([O-])C(C)(C)C)c1ccc(C(F)(F)F)cc1Br. The van der Waals surface area contributed by atoms with Gasteiger partial charge in [-0.3, -0.25) is 0 Å². The van der Waals surface area contributed by atoms with Crippen LogP contribution in [0.1, 0.15) is 44.4 Å². The van der Waals surface area contributed by atoms with Crippen LogP contribution < -0.4 is 4.72 Å². The molecule has 1 aromatic carbocycles. The molecule has 0 aliphatic rings. The van der Waals surface area contributed by atoms with Crippen LogP contribution in [-0.2, 0) is 17.5 Å². The summed E-state index contributed by atoms with van der Waals surface area (Å²) in [7, 11) is 0. The van der Waals surface area contributed by atoms with Crippen LogP contribution in [0.2, 0.25) is 0 Å². The minimum absolute atomic E-state index is 0.326. The predicted molar refractivity (Wildman–Crippen MR) is 87.7 cm³/mol. The molecular formula is C15H19BrF3NOS. The second-order valence-electron chi connectivity index (χ2n) is 5.81. The molecule has 1 unspecified atom stereocenters. The van der Waals surface area contributed by atoms with Crippen molar-refractivity contribution in [1.82, 2.24) is 4.72 Å². The van der Waals surface area contributed by atoms with Gasteiger partial charge in [0, 0.05) is 15.8 Å². The van der Waals surface area contributed by atoms with Crippen LogP contribution in [0.5, 0.6) is 0 Å². The summed E-state index contributed by atoms with van der Waals surface area (Å²) in [5.74, 6) is 0. The maximum Gasteiger partial charge on any atom is 0.416 e. The van der Waals surface area contributed by atoms with E-state index in [0.29, 0.717) is 16.5 Å². The topological polar surface area (TPSA) is 35.1 Å². The van der Waals surface area contributed by atoms with Crippen molar-refractivity contribution in [2.24, 2.45) is 0 Å². The van der Waals surface area contributed by atoms with Gasteiger partial charge in [-0.1, -0.05) is 28.1 Å². The number of rotatable bonds is 5. The highest BCUT2D eigenvalue weighted by Gasteiger charge is 2.33. The van der Waals surface area contributed by atoms with E-state index in [1.165, 1.54) is 6.07 Å². The van der Waals surface area contributed by atoms with Crippen molar-refractivity contribution in [2.45, 2.75) is 44.2 Å². The normalized spacial score (nSPS) is 15.5. The van der Waals surface area contributed by atoms with Gasteiger partial charge in [-0.25, -0.2) is 0 Å².